The highest BCUT2D eigenvalue weighted by Gasteiger charge is 2.35. The molecule has 0 amide bonds. The van der Waals surface area contributed by atoms with Crippen molar-refractivity contribution in [1.82, 2.24) is 4.90 Å². The number of hydrogen-bond acceptors (Lipinski definition) is 7. The molecule has 4 rings (SSSR count). The molecule has 0 radical (unpaired) electrons. The van der Waals surface area contributed by atoms with E-state index in [-0.39, 0.29) is 40.1 Å². The highest BCUT2D eigenvalue weighted by Crippen LogP contribution is 2.30. The fourth-order valence-corrected chi connectivity index (χ4v) is 3.31. The zero-order valence-corrected chi connectivity index (χ0v) is 14.7. The number of Topliss-reactive ketones (excluding diaryl/α,β-unsaturated/α-hetero) is 1. The van der Waals surface area contributed by atoms with Gasteiger partial charge in [0.05, 0.1) is 5.56 Å². The maximum atomic E-state index is 12.5. The van der Waals surface area contributed by atoms with Crippen LogP contribution in [0.3, 0.4) is 0 Å². The standard InChI is InChI=1S/C20H17NO6/c1-2-21-9-11(10-21)26-17(23)8-15(22)16-7-14-18(24)12-5-3-4-6-13(12)19(25)20(14)27-16/h3-7,11H,2,8-10H2,1H3. The van der Waals surface area contributed by atoms with Crippen molar-refractivity contribution in [2.75, 3.05) is 19.6 Å². The normalized spacial score (nSPS) is 16.5. The molecule has 7 nitrogen and oxygen atoms in total. The number of likely N-dealkylation sites (tertiary alicyclic amines) is 1. The van der Waals surface area contributed by atoms with Crippen molar-refractivity contribution in [1.29, 1.82) is 0 Å². The molecule has 1 aliphatic carbocycles. The van der Waals surface area contributed by atoms with Crippen LogP contribution in [0, 0.1) is 0 Å². The van der Waals surface area contributed by atoms with E-state index in [1.165, 1.54) is 12.1 Å². The van der Waals surface area contributed by atoms with Gasteiger partial charge in [-0.3, -0.25) is 24.1 Å². The van der Waals surface area contributed by atoms with E-state index in [4.69, 9.17) is 9.15 Å². The van der Waals surface area contributed by atoms with Gasteiger partial charge in [0.15, 0.2) is 17.3 Å². The van der Waals surface area contributed by atoms with Gasteiger partial charge in [-0.2, -0.15) is 0 Å². The summed E-state index contributed by atoms with van der Waals surface area (Å²) in [6, 6.07) is 7.65. The highest BCUT2D eigenvalue weighted by atomic mass is 16.5. The third-order valence-corrected chi connectivity index (χ3v) is 4.85. The number of hydrogen-bond donors (Lipinski definition) is 0. The van der Waals surface area contributed by atoms with E-state index >= 15 is 0 Å². The van der Waals surface area contributed by atoms with E-state index in [2.05, 4.69) is 4.90 Å². The van der Waals surface area contributed by atoms with E-state index < -0.39 is 24.0 Å². The Kier molecular flexibility index (Phi) is 4.24. The van der Waals surface area contributed by atoms with Crippen LogP contribution in [0.5, 0.6) is 0 Å². The predicted molar refractivity (Wildman–Crippen MR) is 93.0 cm³/mol. The Balaban J connectivity index is 1.48. The smallest absolute Gasteiger partial charge is 0.314 e. The molecular weight excluding hydrogens is 350 g/mol. The molecule has 0 spiro atoms. The molecule has 2 heterocycles. The Morgan fingerprint density at radius 2 is 1.78 bits per heavy atom. The van der Waals surface area contributed by atoms with Crippen LogP contribution < -0.4 is 0 Å². The number of carbonyl (C=O) groups is 4. The number of likely N-dealkylation sites (N-methyl/N-ethyl adjacent to an activating group) is 1. The van der Waals surface area contributed by atoms with Crippen LogP contribution in [-0.2, 0) is 9.53 Å². The lowest BCUT2D eigenvalue weighted by Gasteiger charge is -2.37. The molecular formula is C20H17NO6. The quantitative estimate of drug-likeness (QED) is 0.386. The summed E-state index contributed by atoms with van der Waals surface area (Å²) in [5, 5.41) is 0. The van der Waals surface area contributed by atoms with Crippen molar-refractivity contribution in [2.45, 2.75) is 19.4 Å². The molecule has 1 aromatic heterocycles. The van der Waals surface area contributed by atoms with Crippen LogP contribution in [0.2, 0.25) is 0 Å². The maximum Gasteiger partial charge on any atom is 0.314 e. The summed E-state index contributed by atoms with van der Waals surface area (Å²) >= 11 is 0. The lowest BCUT2D eigenvalue weighted by atomic mass is 9.88. The van der Waals surface area contributed by atoms with Gasteiger partial charge in [0.2, 0.25) is 11.6 Å². The van der Waals surface area contributed by atoms with Gasteiger partial charge in [-0.1, -0.05) is 31.2 Å². The average Bonchev–Trinajstić information content (AvgIpc) is 3.08. The fraction of sp³-hybridized carbons (Fsp3) is 0.300. The molecule has 0 bridgehead atoms. The van der Waals surface area contributed by atoms with Gasteiger partial charge in [-0.15, -0.1) is 0 Å². The Morgan fingerprint density at radius 3 is 2.44 bits per heavy atom. The molecule has 138 valence electrons. The van der Waals surface area contributed by atoms with Crippen molar-refractivity contribution < 1.29 is 28.3 Å². The number of esters is 1. The van der Waals surface area contributed by atoms with Crippen molar-refractivity contribution >= 4 is 23.3 Å². The first kappa shape index (κ1) is 17.4. The van der Waals surface area contributed by atoms with E-state index in [1.54, 1.807) is 18.2 Å². The van der Waals surface area contributed by atoms with Crippen molar-refractivity contribution in [2.24, 2.45) is 0 Å². The molecule has 1 fully saturated rings. The summed E-state index contributed by atoms with van der Waals surface area (Å²) in [5.74, 6) is -2.43. The summed E-state index contributed by atoms with van der Waals surface area (Å²) in [6.45, 7) is 4.22. The van der Waals surface area contributed by atoms with Gasteiger partial charge in [0.1, 0.15) is 12.5 Å². The van der Waals surface area contributed by atoms with Gasteiger partial charge in [0, 0.05) is 24.2 Å². The van der Waals surface area contributed by atoms with E-state index in [1.807, 2.05) is 6.92 Å². The van der Waals surface area contributed by atoms with E-state index in [0.29, 0.717) is 13.1 Å². The summed E-state index contributed by atoms with van der Waals surface area (Å²) in [6.07, 6.45) is -0.697. The zero-order valence-electron chi connectivity index (χ0n) is 14.7. The number of benzene rings is 1. The third kappa shape index (κ3) is 3.00. The number of furan rings is 1. The van der Waals surface area contributed by atoms with Gasteiger partial charge < -0.3 is 9.15 Å². The SMILES string of the molecule is CCN1CC(OC(=O)CC(=O)c2cc3c(o2)C(=O)c2ccccc2C3=O)C1. The first-order chi connectivity index (χ1) is 13.0. The second-order valence-corrected chi connectivity index (χ2v) is 6.62. The molecule has 0 unspecified atom stereocenters. The number of ether oxygens (including phenoxy) is 1. The topological polar surface area (TPSA) is 93.9 Å². The fourth-order valence-electron chi connectivity index (χ4n) is 3.31. The molecule has 1 aliphatic heterocycles. The van der Waals surface area contributed by atoms with E-state index in [0.717, 1.165) is 6.54 Å². The molecule has 0 N–H and O–H groups in total. The second-order valence-electron chi connectivity index (χ2n) is 6.62. The summed E-state index contributed by atoms with van der Waals surface area (Å²) in [7, 11) is 0. The van der Waals surface area contributed by atoms with Crippen LogP contribution in [0.4, 0.5) is 0 Å². The minimum atomic E-state index is -0.643. The number of fused-ring (bicyclic) bond motifs is 2. The van der Waals surface area contributed by atoms with E-state index in [9.17, 15) is 19.2 Å². The predicted octanol–water partition coefficient (Wildman–Crippen LogP) is 1.88. The molecule has 2 aliphatic rings. The molecule has 0 saturated carbocycles. The Labute approximate surface area is 154 Å². The zero-order chi connectivity index (χ0) is 19.1. The average molecular weight is 367 g/mol. The van der Waals surface area contributed by atoms with Gasteiger partial charge >= 0.3 is 5.97 Å². The van der Waals surface area contributed by atoms with Crippen LogP contribution in [0.15, 0.2) is 34.7 Å². The summed E-state index contributed by atoms with van der Waals surface area (Å²) in [5.41, 5.74) is 0.570. The van der Waals surface area contributed by atoms with Crippen LogP contribution in [-0.4, -0.2) is 54.0 Å². The summed E-state index contributed by atoms with van der Waals surface area (Å²) < 4.78 is 10.6. The Hall–Kier alpha value is -3.06. The Morgan fingerprint density at radius 1 is 1.11 bits per heavy atom. The second kappa shape index (κ2) is 6.59. The lowest BCUT2D eigenvalue weighted by Crippen LogP contribution is -2.52. The molecule has 0 atom stereocenters. The minimum Gasteiger partial charge on any atom is -0.459 e. The Bertz CT molecular complexity index is 914. The van der Waals surface area contributed by atoms with Gasteiger partial charge in [-0.05, 0) is 12.6 Å². The maximum absolute atomic E-state index is 12.5. The number of nitrogens with zero attached hydrogens (tertiary/aromatic N) is 1. The molecule has 2 aromatic rings. The van der Waals surface area contributed by atoms with Crippen LogP contribution in [0.1, 0.15) is 55.9 Å². The molecule has 1 aromatic carbocycles. The monoisotopic (exact) mass is 367 g/mol. The molecule has 7 heteroatoms. The third-order valence-electron chi connectivity index (χ3n) is 4.85. The van der Waals surface area contributed by atoms with Crippen molar-refractivity contribution in [3.8, 4) is 0 Å². The highest BCUT2D eigenvalue weighted by molar-refractivity contribution is 6.28. The van der Waals surface area contributed by atoms with Crippen LogP contribution >= 0.6 is 0 Å². The molecule has 27 heavy (non-hydrogen) atoms. The first-order valence-corrected chi connectivity index (χ1v) is 8.75. The van der Waals surface area contributed by atoms with Gasteiger partial charge in [0.25, 0.3) is 0 Å². The van der Waals surface area contributed by atoms with Crippen LogP contribution in [0.25, 0.3) is 0 Å². The number of ketones is 3. The van der Waals surface area contributed by atoms with Crippen molar-refractivity contribution in [3.05, 3.63) is 58.5 Å². The van der Waals surface area contributed by atoms with Crippen molar-refractivity contribution in [3.63, 3.8) is 0 Å². The molecule has 1 saturated heterocycles. The largest absolute Gasteiger partial charge is 0.459 e. The first-order valence-electron chi connectivity index (χ1n) is 8.75. The summed E-state index contributed by atoms with van der Waals surface area (Å²) in [4.78, 5) is 51.4. The number of rotatable bonds is 5. The minimum absolute atomic E-state index is 0.0491. The lowest BCUT2D eigenvalue weighted by molar-refractivity contribution is -0.156. The van der Waals surface area contributed by atoms with Gasteiger partial charge in [-0.25, -0.2) is 0 Å². The number of carbonyl (C=O) groups excluding carboxylic acids is 4.